The Morgan fingerprint density at radius 1 is 1.41 bits per heavy atom. The van der Waals surface area contributed by atoms with Gasteiger partial charge in [-0.1, -0.05) is 0 Å². The topological polar surface area (TPSA) is 72.8 Å². The molecule has 1 atom stereocenters. The van der Waals surface area contributed by atoms with E-state index in [2.05, 4.69) is 5.32 Å². The van der Waals surface area contributed by atoms with E-state index < -0.39 is 0 Å². The van der Waals surface area contributed by atoms with Gasteiger partial charge >= 0.3 is 0 Å². The zero-order chi connectivity index (χ0) is 12.4. The Bertz CT molecular complexity index is 434. The summed E-state index contributed by atoms with van der Waals surface area (Å²) in [5, 5.41) is 21.8. The second-order valence-corrected chi connectivity index (χ2v) is 4.31. The number of carbonyl (C=O) groups excluding carboxylic acids is 1. The lowest BCUT2D eigenvalue weighted by Gasteiger charge is -2.32. The average molecular weight is 236 g/mol. The van der Waals surface area contributed by atoms with E-state index in [4.69, 9.17) is 0 Å². The van der Waals surface area contributed by atoms with E-state index >= 15 is 0 Å². The first-order valence-electron chi connectivity index (χ1n) is 5.62. The van der Waals surface area contributed by atoms with E-state index in [9.17, 15) is 15.0 Å². The number of rotatable bonds is 1. The van der Waals surface area contributed by atoms with Gasteiger partial charge < -0.3 is 20.4 Å². The third-order valence-electron chi connectivity index (χ3n) is 2.88. The van der Waals surface area contributed by atoms with E-state index in [1.807, 2.05) is 6.92 Å². The van der Waals surface area contributed by atoms with Crippen LogP contribution in [0, 0.1) is 0 Å². The lowest BCUT2D eigenvalue weighted by atomic mass is 10.1. The smallest absolute Gasteiger partial charge is 0.254 e. The predicted molar refractivity (Wildman–Crippen MR) is 63.1 cm³/mol. The molecule has 2 rings (SSSR count). The highest BCUT2D eigenvalue weighted by Crippen LogP contribution is 2.25. The number of phenols is 2. The molecule has 1 saturated heterocycles. The Balaban J connectivity index is 2.15. The molecule has 0 radical (unpaired) electrons. The van der Waals surface area contributed by atoms with Crippen molar-refractivity contribution in [3.63, 3.8) is 0 Å². The summed E-state index contributed by atoms with van der Waals surface area (Å²) in [5.41, 5.74) is 0.398. The highest BCUT2D eigenvalue weighted by molar-refractivity contribution is 5.95. The average Bonchev–Trinajstić information content (AvgIpc) is 2.32. The summed E-state index contributed by atoms with van der Waals surface area (Å²) in [6.45, 7) is 4.11. The highest BCUT2D eigenvalue weighted by atomic mass is 16.3. The Kier molecular flexibility index (Phi) is 3.19. The van der Waals surface area contributed by atoms with Gasteiger partial charge in [-0.2, -0.15) is 0 Å². The molecule has 1 aliphatic rings. The molecular weight excluding hydrogens is 220 g/mol. The molecule has 1 aromatic carbocycles. The summed E-state index contributed by atoms with van der Waals surface area (Å²) in [6, 6.07) is 4.42. The molecule has 92 valence electrons. The maximum atomic E-state index is 12.1. The van der Waals surface area contributed by atoms with Gasteiger partial charge in [0.05, 0.1) is 0 Å². The van der Waals surface area contributed by atoms with Crippen molar-refractivity contribution in [3.05, 3.63) is 23.8 Å². The van der Waals surface area contributed by atoms with Crippen molar-refractivity contribution in [1.82, 2.24) is 10.2 Å². The number of carbonyl (C=O) groups is 1. The maximum Gasteiger partial charge on any atom is 0.254 e. The highest BCUT2D eigenvalue weighted by Gasteiger charge is 2.22. The van der Waals surface area contributed by atoms with E-state index in [1.54, 1.807) is 4.90 Å². The second-order valence-electron chi connectivity index (χ2n) is 4.31. The standard InChI is InChI=1S/C12H16N2O3/c1-8-7-14(5-4-13-8)12(17)9-2-3-10(15)11(16)6-9/h2-3,6,8,13,15-16H,4-5,7H2,1H3/t8-/m0/s1. The summed E-state index contributed by atoms with van der Waals surface area (Å²) >= 11 is 0. The summed E-state index contributed by atoms with van der Waals surface area (Å²) in [4.78, 5) is 13.9. The van der Waals surface area contributed by atoms with Crippen molar-refractivity contribution in [1.29, 1.82) is 0 Å². The molecule has 5 nitrogen and oxygen atoms in total. The molecule has 5 heteroatoms. The van der Waals surface area contributed by atoms with Gasteiger partial charge in [-0.25, -0.2) is 0 Å². The molecule has 3 N–H and O–H groups in total. The fourth-order valence-corrected chi connectivity index (χ4v) is 1.96. The molecular formula is C12H16N2O3. The van der Waals surface area contributed by atoms with Crippen LogP contribution in [0.2, 0.25) is 0 Å². The molecule has 1 amide bonds. The van der Waals surface area contributed by atoms with Gasteiger partial charge in [-0.15, -0.1) is 0 Å². The molecule has 0 aliphatic carbocycles. The quantitative estimate of drug-likeness (QED) is 0.622. The number of amides is 1. The zero-order valence-electron chi connectivity index (χ0n) is 9.68. The van der Waals surface area contributed by atoms with Crippen LogP contribution in [0.4, 0.5) is 0 Å². The minimum atomic E-state index is -0.265. The van der Waals surface area contributed by atoms with Gasteiger partial charge in [-0.3, -0.25) is 4.79 Å². The van der Waals surface area contributed by atoms with Crippen LogP contribution in [0.15, 0.2) is 18.2 Å². The monoisotopic (exact) mass is 236 g/mol. The first-order chi connectivity index (χ1) is 8.08. The molecule has 0 saturated carbocycles. The van der Waals surface area contributed by atoms with Crippen LogP contribution in [0.3, 0.4) is 0 Å². The van der Waals surface area contributed by atoms with Crippen LogP contribution in [0.5, 0.6) is 11.5 Å². The van der Waals surface area contributed by atoms with Crippen molar-refractivity contribution in [3.8, 4) is 11.5 Å². The molecule has 1 aromatic rings. The fourth-order valence-electron chi connectivity index (χ4n) is 1.96. The Labute approximate surface area is 99.7 Å². The number of phenolic OH excluding ortho intramolecular Hbond substituents is 2. The van der Waals surface area contributed by atoms with Crippen molar-refractivity contribution < 1.29 is 15.0 Å². The molecule has 0 aromatic heterocycles. The summed E-state index contributed by atoms with van der Waals surface area (Å²) in [6.07, 6.45) is 0. The van der Waals surface area contributed by atoms with Gasteiger partial charge in [0, 0.05) is 31.2 Å². The first kappa shape index (κ1) is 11.7. The normalized spacial score (nSPS) is 20.3. The maximum absolute atomic E-state index is 12.1. The molecule has 1 fully saturated rings. The van der Waals surface area contributed by atoms with Crippen LogP contribution in [-0.2, 0) is 0 Å². The molecule has 0 spiro atoms. The largest absolute Gasteiger partial charge is 0.504 e. The second kappa shape index (κ2) is 4.63. The van der Waals surface area contributed by atoms with E-state index in [0.717, 1.165) is 6.54 Å². The van der Waals surface area contributed by atoms with Gasteiger partial charge in [0.15, 0.2) is 11.5 Å². The summed E-state index contributed by atoms with van der Waals surface area (Å²) in [5.74, 6) is -0.595. The zero-order valence-corrected chi connectivity index (χ0v) is 9.68. The Hall–Kier alpha value is -1.75. The van der Waals surface area contributed by atoms with Crippen LogP contribution < -0.4 is 5.32 Å². The molecule has 1 aliphatic heterocycles. The van der Waals surface area contributed by atoms with Crippen molar-refractivity contribution >= 4 is 5.91 Å². The molecule has 1 heterocycles. The van der Waals surface area contributed by atoms with E-state index in [-0.39, 0.29) is 23.4 Å². The lowest BCUT2D eigenvalue weighted by Crippen LogP contribution is -2.51. The van der Waals surface area contributed by atoms with Gasteiger partial charge in [0.1, 0.15) is 0 Å². The molecule has 0 bridgehead atoms. The number of hydrogen-bond acceptors (Lipinski definition) is 4. The third kappa shape index (κ3) is 2.50. The van der Waals surface area contributed by atoms with Gasteiger partial charge in [0.2, 0.25) is 0 Å². The number of hydrogen-bond donors (Lipinski definition) is 3. The number of nitrogens with one attached hydrogen (secondary N) is 1. The minimum absolute atomic E-state index is 0.117. The van der Waals surface area contributed by atoms with Crippen molar-refractivity contribution in [2.24, 2.45) is 0 Å². The first-order valence-corrected chi connectivity index (χ1v) is 5.62. The van der Waals surface area contributed by atoms with Crippen LogP contribution in [0.25, 0.3) is 0 Å². The van der Waals surface area contributed by atoms with Gasteiger partial charge in [0.25, 0.3) is 5.91 Å². The van der Waals surface area contributed by atoms with Crippen LogP contribution >= 0.6 is 0 Å². The van der Waals surface area contributed by atoms with Crippen LogP contribution in [-0.4, -0.2) is 46.7 Å². The Morgan fingerprint density at radius 2 is 2.18 bits per heavy atom. The van der Waals surface area contributed by atoms with Crippen molar-refractivity contribution in [2.75, 3.05) is 19.6 Å². The van der Waals surface area contributed by atoms with Crippen LogP contribution in [0.1, 0.15) is 17.3 Å². The van der Waals surface area contributed by atoms with Gasteiger partial charge in [-0.05, 0) is 25.1 Å². The fraction of sp³-hybridized carbons (Fsp3) is 0.417. The third-order valence-corrected chi connectivity index (χ3v) is 2.88. The van der Waals surface area contributed by atoms with E-state index in [1.165, 1.54) is 18.2 Å². The molecule has 17 heavy (non-hydrogen) atoms. The van der Waals surface area contributed by atoms with E-state index in [0.29, 0.717) is 18.7 Å². The summed E-state index contributed by atoms with van der Waals surface area (Å²) in [7, 11) is 0. The number of aromatic hydroxyl groups is 2. The number of nitrogens with zero attached hydrogens (tertiary/aromatic N) is 1. The van der Waals surface area contributed by atoms with Crippen molar-refractivity contribution in [2.45, 2.75) is 13.0 Å². The predicted octanol–water partition coefficient (Wildman–Crippen LogP) is 0.532. The number of benzene rings is 1. The minimum Gasteiger partial charge on any atom is -0.504 e. The SMILES string of the molecule is C[C@H]1CN(C(=O)c2ccc(O)c(O)c2)CCN1. The summed E-state index contributed by atoms with van der Waals surface area (Å²) < 4.78 is 0. The lowest BCUT2D eigenvalue weighted by molar-refractivity contribution is 0.0708. The Morgan fingerprint density at radius 3 is 2.82 bits per heavy atom. The molecule has 0 unspecified atom stereocenters. The number of piperazine rings is 1.